The fourth-order valence-electron chi connectivity index (χ4n) is 2.16. The summed E-state index contributed by atoms with van der Waals surface area (Å²) in [5.41, 5.74) is -0.853. The Morgan fingerprint density at radius 1 is 1.23 bits per heavy atom. The van der Waals surface area contributed by atoms with Crippen LogP contribution in [0, 0.1) is 0 Å². The number of alkyl halides is 3. The average molecular weight is 421 g/mol. The molecule has 1 aromatic carbocycles. The Kier molecular flexibility index (Phi) is 5.31. The summed E-state index contributed by atoms with van der Waals surface area (Å²) < 4.78 is 40.4. The summed E-state index contributed by atoms with van der Waals surface area (Å²) in [7, 11) is 0. The standard InChI is InChI=1S/C15H9Cl2F3N4OS/c16-8-5-10(17)13-22-23-14(24(13)6-8)26-7-12(25)21-11-4-2-1-3-9(11)15(18,19)20/h1-6H,7H2,(H,21,25). The van der Waals surface area contributed by atoms with E-state index in [0.717, 1.165) is 17.8 Å². The highest BCUT2D eigenvalue weighted by Gasteiger charge is 2.33. The van der Waals surface area contributed by atoms with E-state index in [9.17, 15) is 18.0 Å². The molecule has 0 atom stereocenters. The zero-order valence-corrected chi connectivity index (χ0v) is 15.0. The van der Waals surface area contributed by atoms with Crippen LogP contribution in [0.25, 0.3) is 5.65 Å². The molecule has 0 aliphatic carbocycles. The highest BCUT2D eigenvalue weighted by atomic mass is 35.5. The van der Waals surface area contributed by atoms with Crippen LogP contribution in [0.5, 0.6) is 0 Å². The second-order valence-corrected chi connectivity index (χ2v) is 6.85. The number of thioether (sulfide) groups is 1. The first-order chi connectivity index (χ1) is 12.3. The number of nitrogens with one attached hydrogen (secondary N) is 1. The Hall–Kier alpha value is -1.97. The van der Waals surface area contributed by atoms with Crippen molar-refractivity contribution >= 4 is 52.2 Å². The third-order valence-electron chi connectivity index (χ3n) is 3.23. The number of anilines is 1. The van der Waals surface area contributed by atoms with Crippen LogP contribution in [0.4, 0.5) is 18.9 Å². The Morgan fingerprint density at radius 3 is 2.69 bits per heavy atom. The lowest BCUT2D eigenvalue weighted by Gasteiger charge is -2.13. The Morgan fingerprint density at radius 2 is 1.96 bits per heavy atom. The lowest BCUT2D eigenvalue weighted by atomic mass is 10.1. The third kappa shape index (κ3) is 4.05. The Balaban J connectivity index is 1.73. The number of benzene rings is 1. The minimum Gasteiger partial charge on any atom is -0.325 e. The maximum Gasteiger partial charge on any atom is 0.418 e. The summed E-state index contributed by atoms with van der Waals surface area (Å²) in [6.45, 7) is 0. The van der Waals surface area contributed by atoms with Gasteiger partial charge in [0.25, 0.3) is 0 Å². The molecule has 136 valence electrons. The molecule has 0 unspecified atom stereocenters. The van der Waals surface area contributed by atoms with Crippen LogP contribution < -0.4 is 5.32 Å². The van der Waals surface area contributed by atoms with Crippen molar-refractivity contribution in [3.63, 3.8) is 0 Å². The van der Waals surface area contributed by atoms with Crippen LogP contribution in [0.1, 0.15) is 5.56 Å². The number of halogens is 5. The molecule has 1 amide bonds. The lowest BCUT2D eigenvalue weighted by molar-refractivity contribution is -0.137. The van der Waals surface area contributed by atoms with Crippen molar-refractivity contribution in [3.05, 3.63) is 52.1 Å². The highest BCUT2D eigenvalue weighted by molar-refractivity contribution is 7.99. The van der Waals surface area contributed by atoms with Crippen LogP contribution in [-0.2, 0) is 11.0 Å². The van der Waals surface area contributed by atoms with Gasteiger partial charge < -0.3 is 5.32 Å². The van der Waals surface area contributed by atoms with Gasteiger partial charge in [0.2, 0.25) is 5.91 Å². The number of carbonyl (C=O) groups is 1. The van der Waals surface area contributed by atoms with Gasteiger partial charge in [0.1, 0.15) is 0 Å². The van der Waals surface area contributed by atoms with Gasteiger partial charge in [0.05, 0.1) is 27.0 Å². The number of hydrogen-bond donors (Lipinski definition) is 1. The summed E-state index contributed by atoms with van der Waals surface area (Å²) >= 11 is 12.9. The molecule has 0 saturated carbocycles. The number of nitrogens with zero attached hydrogens (tertiary/aromatic N) is 3. The van der Waals surface area contributed by atoms with Crippen LogP contribution in [-0.4, -0.2) is 26.3 Å². The normalized spacial score (nSPS) is 11.7. The topological polar surface area (TPSA) is 59.3 Å². The largest absolute Gasteiger partial charge is 0.418 e. The fourth-order valence-corrected chi connectivity index (χ4v) is 3.37. The van der Waals surface area contributed by atoms with Crippen LogP contribution in [0.15, 0.2) is 41.7 Å². The number of carbonyl (C=O) groups excluding carboxylic acids is 1. The molecule has 11 heteroatoms. The Labute approximate surface area is 159 Å². The molecule has 3 aromatic rings. The SMILES string of the molecule is O=C(CSc1nnc2c(Cl)cc(Cl)cn12)Nc1ccccc1C(F)(F)F. The highest BCUT2D eigenvalue weighted by Crippen LogP contribution is 2.34. The molecular formula is C15H9Cl2F3N4OS. The van der Waals surface area contributed by atoms with Crippen molar-refractivity contribution in [2.75, 3.05) is 11.1 Å². The molecule has 0 bridgehead atoms. The lowest BCUT2D eigenvalue weighted by Crippen LogP contribution is -2.18. The molecule has 5 nitrogen and oxygen atoms in total. The smallest absolute Gasteiger partial charge is 0.325 e. The van der Waals surface area contributed by atoms with E-state index in [4.69, 9.17) is 23.2 Å². The molecule has 0 saturated heterocycles. The summed E-state index contributed by atoms with van der Waals surface area (Å²) in [4.78, 5) is 12.0. The molecule has 26 heavy (non-hydrogen) atoms. The van der Waals surface area contributed by atoms with E-state index in [1.54, 1.807) is 0 Å². The summed E-state index contributed by atoms with van der Waals surface area (Å²) in [6, 6.07) is 6.26. The van der Waals surface area contributed by atoms with E-state index < -0.39 is 17.6 Å². The van der Waals surface area contributed by atoms with E-state index in [1.807, 2.05) is 0 Å². The van der Waals surface area contributed by atoms with Gasteiger partial charge >= 0.3 is 6.18 Å². The number of pyridine rings is 1. The molecule has 0 spiro atoms. The number of para-hydroxylation sites is 1. The first-order valence-corrected chi connectivity index (χ1v) is 8.78. The van der Waals surface area contributed by atoms with Crippen molar-refractivity contribution in [3.8, 4) is 0 Å². The van der Waals surface area contributed by atoms with Gasteiger partial charge in [-0.05, 0) is 18.2 Å². The molecule has 0 radical (unpaired) electrons. The second kappa shape index (κ2) is 7.34. The van der Waals surface area contributed by atoms with Gasteiger partial charge in [-0.3, -0.25) is 9.20 Å². The maximum absolute atomic E-state index is 13.0. The van der Waals surface area contributed by atoms with E-state index in [1.165, 1.54) is 34.9 Å². The average Bonchev–Trinajstić information content (AvgIpc) is 2.95. The van der Waals surface area contributed by atoms with Crippen molar-refractivity contribution < 1.29 is 18.0 Å². The molecule has 2 heterocycles. The quantitative estimate of drug-likeness (QED) is 0.616. The van der Waals surface area contributed by atoms with Gasteiger partial charge in [-0.15, -0.1) is 10.2 Å². The fraction of sp³-hybridized carbons (Fsp3) is 0.133. The van der Waals surface area contributed by atoms with Crippen LogP contribution in [0.3, 0.4) is 0 Å². The molecule has 2 aromatic heterocycles. The minimum absolute atomic E-state index is 0.170. The van der Waals surface area contributed by atoms with E-state index in [-0.39, 0.29) is 11.4 Å². The number of amides is 1. The van der Waals surface area contributed by atoms with E-state index in [0.29, 0.717) is 20.8 Å². The first-order valence-electron chi connectivity index (χ1n) is 7.04. The van der Waals surface area contributed by atoms with Crippen molar-refractivity contribution in [2.24, 2.45) is 0 Å². The van der Waals surface area contributed by atoms with Gasteiger partial charge in [-0.2, -0.15) is 13.2 Å². The van der Waals surface area contributed by atoms with Gasteiger partial charge in [-0.1, -0.05) is 47.1 Å². The maximum atomic E-state index is 13.0. The number of fused-ring (bicyclic) bond motifs is 1. The van der Waals surface area contributed by atoms with E-state index >= 15 is 0 Å². The van der Waals surface area contributed by atoms with Gasteiger partial charge in [0.15, 0.2) is 10.8 Å². The summed E-state index contributed by atoms with van der Waals surface area (Å²) in [5, 5.41) is 11.0. The van der Waals surface area contributed by atoms with Gasteiger partial charge in [-0.25, -0.2) is 0 Å². The van der Waals surface area contributed by atoms with Crippen molar-refractivity contribution in [1.82, 2.24) is 14.6 Å². The van der Waals surface area contributed by atoms with Gasteiger partial charge in [0, 0.05) is 6.20 Å². The predicted octanol–water partition coefficient (Wildman–Crippen LogP) is 4.79. The number of hydrogen-bond acceptors (Lipinski definition) is 4. The molecule has 0 fully saturated rings. The second-order valence-electron chi connectivity index (χ2n) is 5.06. The number of rotatable bonds is 4. The zero-order chi connectivity index (χ0) is 18.9. The minimum atomic E-state index is -4.56. The Bertz CT molecular complexity index is 977. The summed E-state index contributed by atoms with van der Waals surface area (Å²) in [6.07, 6.45) is -3.03. The molecule has 1 N–H and O–H groups in total. The van der Waals surface area contributed by atoms with E-state index in [2.05, 4.69) is 15.5 Å². The predicted molar refractivity (Wildman–Crippen MR) is 93.8 cm³/mol. The number of aromatic nitrogens is 3. The molecular weight excluding hydrogens is 412 g/mol. The van der Waals surface area contributed by atoms with Crippen molar-refractivity contribution in [1.29, 1.82) is 0 Å². The van der Waals surface area contributed by atoms with Crippen LogP contribution >= 0.6 is 35.0 Å². The third-order valence-corrected chi connectivity index (χ3v) is 4.66. The molecule has 3 rings (SSSR count). The van der Waals surface area contributed by atoms with Crippen LogP contribution in [0.2, 0.25) is 10.0 Å². The monoisotopic (exact) mass is 420 g/mol. The van der Waals surface area contributed by atoms with Crippen molar-refractivity contribution in [2.45, 2.75) is 11.3 Å². The zero-order valence-electron chi connectivity index (χ0n) is 12.7. The molecule has 0 aliphatic heterocycles. The first kappa shape index (κ1) is 18.8. The molecule has 0 aliphatic rings. The summed E-state index contributed by atoms with van der Waals surface area (Å²) in [5.74, 6) is -0.784.